The molecule has 1 saturated heterocycles. The van der Waals surface area contributed by atoms with Crippen LogP contribution >= 0.6 is 0 Å². The highest BCUT2D eigenvalue weighted by Gasteiger charge is 2.24. The summed E-state index contributed by atoms with van der Waals surface area (Å²) in [6, 6.07) is 8.88. The quantitative estimate of drug-likeness (QED) is 0.878. The molecule has 1 aliphatic heterocycles. The molecule has 0 spiro atoms. The number of piperazine rings is 1. The van der Waals surface area contributed by atoms with Crippen LogP contribution in [0.25, 0.3) is 0 Å². The van der Waals surface area contributed by atoms with E-state index in [1.165, 1.54) is 5.56 Å². The van der Waals surface area contributed by atoms with Gasteiger partial charge in [-0.05, 0) is 38.6 Å². The van der Waals surface area contributed by atoms with Gasteiger partial charge in [-0.3, -0.25) is 0 Å². The van der Waals surface area contributed by atoms with Gasteiger partial charge in [-0.25, -0.2) is 0 Å². The number of benzene rings is 1. The Labute approximate surface area is 122 Å². The van der Waals surface area contributed by atoms with E-state index in [1.807, 2.05) is 18.2 Å². The van der Waals surface area contributed by atoms with Crippen molar-refractivity contribution in [3.63, 3.8) is 0 Å². The van der Waals surface area contributed by atoms with Crippen LogP contribution < -0.4 is 10.5 Å². The molecule has 0 bridgehead atoms. The largest absolute Gasteiger partial charge is 0.496 e. The van der Waals surface area contributed by atoms with E-state index < -0.39 is 0 Å². The summed E-state index contributed by atoms with van der Waals surface area (Å²) < 4.78 is 5.40. The minimum atomic E-state index is 0.172. The maximum absolute atomic E-state index is 6.37. The molecular formula is C16H27N3O. The van der Waals surface area contributed by atoms with E-state index in [-0.39, 0.29) is 6.04 Å². The van der Waals surface area contributed by atoms with Crippen molar-refractivity contribution in [3.8, 4) is 5.75 Å². The summed E-state index contributed by atoms with van der Waals surface area (Å²) in [7, 11) is 6.10. The number of nitrogens with zero attached hydrogens (tertiary/aromatic N) is 2. The minimum Gasteiger partial charge on any atom is -0.496 e. The van der Waals surface area contributed by atoms with E-state index in [1.54, 1.807) is 7.11 Å². The normalized spacial score (nSPS) is 22.7. The average molecular weight is 277 g/mol. The second kappa shape index (κ2) is 7.07. The Bertz CT molecular complexity index is 424. The van der Waals surface area contributed by atoms with E-state index in [4.69, 9.17) is 10.5 Å². The smallest absolute Gasteiger partial charge is 0.122 e. The SMILES string of the molecule is COc1ccccc1CC(N)CC1CN(C)CCN1C. The first-order chi connectivity index (χ1) is 9.60. The van der Waals surface area contributed by atoms with Crippen LogP contribution in [0.2, 0.25) is 0 Å². The van der Waals surface area contributed by atoms with E-state index in [0.29, 0.717) is 6.04 Å². The summed E-state index contributed by atoms with van der Waals surface area (Å²) in [5.41, 5.74) is 7.57. The molecule has 4 heteroatoms. The van der Waals surface area contributed by atoms with Gasteiger partial charge in [-0.15, -0.1) is 0 Å². The molecular weight excluding hydrogens is 250 g/mol. The minimum absolute atomic E-state index is 0.172. The summed E-state index contributed by atoms with van der Waals surface area (Å²) in [6.07, 6.45) is 1.90. The third-order valence-corrected chi connectivity index (χ3v) is 4.23. The van der Waals surface area contributed by atoms with Crippen LogP contribution in [0.3, 0.4) is 0 Å². The van der Waals surface area contributed by atoms with Crippen LogP contribution in [-0.2, 0) is 6.42 Å². The van der Waals surface area contributed by atoms with Crippen molar-refractivity contribution in [2.24, 2.45) is 5.73 Å². The molecule has 2 unspecified atom stereocenters. The maximum Gasteiger partial charge on any atom is 0.122 e. The summed E-state index contributed by atoms with van der Waals surface area (Å²) in [6.45, 7) is 3.38. The van der Waals surface area contributed by atoms with Crippen LogP contribution in [0, 0.1) is 0 Å². The molecule has 20 heavy (non-hydrogen) atoms. The van der Waals surface area contributed by atoms with Crippen LogP contribution in [0.5, 0.6) is 5.75 Å². The lowest BCUT2D eigenvalue weighted by Gasteiger charge is -2.38. The lowest BCUT2D eigenvalue weighted by molar-refractivity contribution is 0.104. The molecule has 2 atom stereocenters. The first kappa shape index (κ1) is 15.3. The van der Waals surface area contributed by atoms with Crippen molar-refractivity contribution >= 4 is 0 Å². The number of likely N-dealkylation sites (N-methyl/N-ethyl adjacent to an activating group) is 2. The predicted octanol–water partition coefficient (Wildman–Crippen LogP) is 1.20. The highest BCUT2D eigenvalue weighted by molar-refractivity contribution is 5.33. The van der Waals surface area contributed by atoms with Gasteiger partial charge in [0.1, 0.15) is 5.75 Å². The van der Waals surface area contributed by atoms with Gasteiger partial charge >= 0.3 is 0 Å². The van der Waals surface area contributed by atoms with Crippen LogP contribution in [0.1, 0.15) is 12.0 Å². The van der Waals surface area contributed by atoms with Crippen molar-refractivity contribution in [1.82, 2.24) is 9.80 Å². The van der Waals surface area contributed by atoms with Gasteiger partial charge in [0.25, 0.3) is 0 Å². The van der Waals surface area contributed by atoms with Gasteiger partial charge < -0.3 is 20.3 Å². The van der Waals surface area contributed by atoms with E-state index >= 15 is 0 Å². The number of para-hydroxylation sites is 1. The molecule has 0 saturated carbocycles. The van der Waals surface area contributed by atoms with Crippen molar-refractivity contribution < 1.29 is 4.74 Å². The standard InChI is InChI=1S/C16H27N3O/c1-18-8-9-19(2)15(12-18)11-14(17)10-13-6-4-5-7-16(13)20-3/h4-7,14-15H,8-12,17H2,1-3H3. The van der Waals surface area contributed by atoms with Crippen molar-refractivity contribution in [2.45, 2.75) is 24.9 Å². The fraction of sp³-hybridized carbons (Fsp3) is 0.625. The monoisotopic (exact) mass is 277 g/mol. The van der Waals surface area contributed by atoms with Gasteiger partial charge in [-0.1, -0.05) is 18.2 Å². The topological polar surface area (TPSA) is 41.7 Å². The molecule has 1 fully saturated rings. The molecule has 0 aromatic heterocycles. The molecule has 0 amide bonds. The molecule has 1 heterocycles. The number of methoxy groups -OCH3 is 1. The zero-order chi connectivity index (χ0) is 14.5. The molecule has 2 rings (SSSR count). The highest BCUT2D eigenvalue weighted by Crippen LogP contribution is 2.20. The molecule has 112 valence electrons. The molecule has 2 N–H and O–H groups in total. The Morgan fingerprint density at radius 3 is 2.80 bits per heavy atom. The summed E-state index contributed by atoms with van der Waals surface area (Å²) in [4.78, 5) is 4.82. The summed E-state index contributed by atoms with van der Waals surface area (Å²) in [5, 5.41) is 0. The van der Waals surface area contributed by atoms with Crippen LogP contribution in [0.4, 0.5) is 0 Å². The van der Waals surface area contributed by atoms with Gasteiger partial charge in [0.15, 0.2) is 0 Å². The second-order valence-electron chi connectivity index (χ2n) is 5.91. The molecule has 1 aromatic rings. The first-order valence-corrected chi connectivity index (χ1v) is 7.36. The third kappa shape index (κ3) is 3.95. The molecule has 0 aliphatic carbocycles. The first-order valence-electron chi connectivity index (χ1n) is 7.36. The van der Waals surface area contributed by atoms with Crippen molar-refractivity contribution in [3.05, 3.63) is 29.8 Å². The van der Waals surface area contributed by atoms with Gasteiger partial charge in [0.05, 0.1) is 7.11 Å². The Kier molecular flexibility index (Phi) is 5.40. The Morgan fingerprint density at radius 1 is 1.30 bits per heavy atom. The lowest BCUT2D eigenvalue weighted by Crippen LogP contribution is -2.51. The Morgan fingerprint density at radius 2 is 2.05 bits per heavy atom. The molecule has 4 nitrogen and oxygen atoms in total. The Balaban J connectivity index is 1.93. The fourth-order valence-electron chi connectivity index (χ4n) is 2.94. The van der Waals surface area contributed by atoms with Crippen LogP contribution in [-0.4, -0.2) is 62.7 Å². The summed E-state index contributed by atoms with van der Waals surface area (Å²) >= 11 is 0. The van der Waals surface area contributed by atoms with Gasteiger partial charge in [0, 0.05) is 31.7 Å². The molecule has 1 aromatic carbocycles. The van der Waals surface area contributed by atoms with Gasteiger partial charge in [0.2, 0.25) is 0 Å². The molecule has 1 aliphatic rings. The zero-order valence-electron chi connectivity index (χ0n) is 12.9. The average Bonchev–Trinajstić information content (AvgIpc) is 2.43. The van der Waals surface area contributed by atoms with E-state index in [2.05, 4.69) is 30.0 Å². The van der Waals surface area contributed by atoms with E-state index in [9.17, 15) is 0 Å². The number of rotatable bonds is 5. The third-order valence-electron chi connectivity index (χ3n) is 4.23. The summed E-state index contributed by atoms with van der Waals surface area (Å²) in [5.74, 6) is 0.942. The van der Waals surface area contributed by atoms with E-state index in [0.717, 1.165) is 38.2 Å². The Hall–Kier alpha value is -1.10. The zero-order valence-corrected chi connectivity index (χ0v) is 12.9. The fourth-order valence-corrected chi connectivity index (χ4v) is 2.94. The number of ether oxygens (including phenoxy) is 1. The van der Waals surface area contributed by atoms with Crippen molar-refractivity contribution in [1.29, 1.82) is 0 Å². The number of nitrogens with two attached hydrogens (primary N) is 1. The highest BCUT2D eigenvalue weighted by atomic mass is 16.5. The molecule has 0 radical (unpaired) electrons. The number of hydrogen-bond acceptors (Lipinski definition) is 4. The second-order valence-corrected chi connectivity index (χ2v) is 5.91. The maximum atomic E-state index is 6.37. The predicted molar refractivity (Wildman–Crippen MR) is 83.2 cm³/mol. The van der Waals surface area contributed by atoms with Crippen LogP contribution in [0.15, 0.2) is 24.3 Å². The number of hydrogen-bond donors (Lipinski definition) is 1. The van der Waals surface area contributed by atoms with Gasteiger partial charge in [-0.2, -0.15) is 0 Å². The lowest BCUT2D eigenvalue weighted by atomic mass is 9.97. The van der Waals surface area contributed by atoms with Crippen molar-refractivity contribution in [2.75, 3.05) is 40.8 Å².